The van der Waals surface area contributed by atoms with Gasteiger partial charge >= 0.3 is 5.82 Å². The van der Waals surface area contributed by atoms with Crippen molar-refractivity contribution in [2.45, 2.75) is 64.1 Å². The molecule has 0 saturated heterocycles. The van der Waals surface area contributed by atoms with Gasteiger partial charge in [0.05, 0.1) is 6.04 Å². The summed E-state index contributed by atoms with van der Waals surface area (Å²) in [5, 5.41) is 24.8. The SMILES string of the molecule is CCNC(=O)C(O)(C(N)CC1CCCCC1)n1cc([N+](=O)[O-])nc1C. The largest absolute Gasteiger partial charge is 0.381 e. The summed E-state index contributed by atoms with van der Waals surface area (Å²) >= 11 is 0. The number of aliphatic hydroxyl groups is 1. The van der Waals surface area contributed by atoms with Gasteiger partial charge < -0.3 is 26.3 Å². The molecular weight excluding hydrogens is 326 g/mol. The van der Waals surface area contributed by atoms with E-state index in [9.17, 15) is 20.0 Å². The molecule has 1 aliphatic rings. The highest BCUT2D eigenvalue weighted by Crippen LogP contribution is 2.32. The van der Waals surface area contributed by atoms with Gasteiger partial charge in [-0.15, -0.1) is 0 Å². The number of nitro groups is 1. The molecule has 9 heteroatoms. The minimum Gasteiger partial charge on any atom is -0.361 e. The molecular formula is C16H27N5O4. The molecule has 2 rings (SSSR count). The highest BCUT2D eigenvalue weighted by Gasteiger charge is 2.47. The average molecular weight is 353 g/mol. The molecule has 1 amide bonds. The number of nitrogens with zero attached hydrogens (tertiary/aromatic N) is 3. The number of likely N-dealkylation sites (N-methyl/N-ethyl adjacent to an activating group) is 1. The van der Waals surface area contributed by atoms with Crippen molar-refractivity contribution in [1.29, 1.82) is 0 Å². The predicted octanol–water partition coefficient (Wildman–Crippen LogP) is 1.18. The first kappa shape index (κ1) is 19.3. The summed E-state index contributed by atoms with van der Waals surface area (Å²) in [5.41, 5.74) is 4.16. The lowest BCUT2D eigenvalue weighted by Gasteiger charge is -2.36. The Labute approximate surface area is 146 Å². The molecule has 1 aliphatic carbocycles. The molecule has 0 spiro atoms. The van der Waals surface area contributed by atoms with Crippen molar-refractivity contribution < 1.29 is 14.8 Å². The van der Waals surface area contributed by atoms with Gasteiger partial charge in [0.2, 0.25) is 11.5 Å². The van der Waals surface area contributed by atoms with Crippen LogP contribution in [0.4, 0.5) is 5.82 Å². The summed E-state index contributed by atoms with van der Waals surface area (Å²) in [6.45, 7) is 3.55. The number of aryl methyl sites for hydroxylation is 1. The van der Waals surface area contributed by atoms with Crippen LogP contribution in [-0.4, -0.2) is 38.1 Å². The molecule has 0 aliphatic heterocycles. The van der Waals surface area contributed by atoms with Crippen LogP contribution in [0.15, 0.2) is 6.20 Å². The van der Waals surface area contributed by atoms with E-state index in [4.69, 9.17) is 5.73 Å². The highest BCUT2D eigenvalue weighted by molar-refractivity contribution is 5.83. The fourth-order valence-electron chi connectivity index (χ4n) is 3.58. The van der Waals surface area contributed by atoms with E-state index in [1.807, 2.05) is 0 Å². The first-order valence-corrected chi connectivity index (χ1v) is 8.77. The molecule has 1 saturated carbocycles. The Kier molecular flexibility index (Phi) is 6.12. The monoisotopic (exact) mass is 353 g/mol. The van der Waals surface area contributed by atoms with Gasteiger partial charge in [-0.1, -0.05) is 32.1 Å². The third kappa shape index (κ3) is 3.98. The van der Waals surface area contributed by atoms with Crippen molar-refractivity contribution in [2.75, 3.05) is 6.54 Å². The molecule has 9 nitrogen and oxygen atoms in total. The quantitative estimate of drug-likeness (QED) is 0.497. The molecule has 2 atom stereocenters. The zero-order chi connectivity index (χ0) is 18.6. The molecule has 1 aromatic rings. The number of rotatable bonds is 7. The van der Waals surface area contributed by atoms with Gasteiger partial charge in [-0.05, 0) is 29.2 Å². The molecule has 2 unspecified atom stereocenters. The summed E-state index contributed by atoms with van der Waals surface area (Å²) in [7, 11) is 0. The number of aromatic nitrogens is 2. The van der Waals surface area contributed by atoms with Crippen molar-refractivity contribution in [3.05, 3.63) is 22.1 Å². The fraction of sp³-hybridized carbons (Fsp3) is 0.750. The number of hydrogen-bond donors (Lipinski definition) is 3. The Hall–Kier alpha value is -2.00. The lowest BCUT2D eigenvalue weighted by atomic mass is 9.82. The third-order valence-corrected chi connectivity index (χ3v) is 4.92. The molecule has 1 heterocycles. The Morgan fingerprint density at radius 3 is 2.72 bits per heavy atom. The van der Waals surface area contributed by atoms with Crippen molar-refractivity contribution in [3.63, 3.8) is 0 Å². The van der Waals surface area contributed by atoms with Crippen LogP contribution in [0, 0.1) is 23.0 Å². The summed E-state index contributed by atoms with van der Waals surface area (Å²) < 4.78 is 1.13. The van der Waals surface area contributed by atoms with E-state index in [0.717, 1.165) is 36.4 Å². The number of nitrogens with one attached hydrogen (secondary N) is 1. The van der Waals surface area contributed by atoms with Gasteiger partial charge in [-0.3, -0.25) is 9.36 Å². The standard InChI is InChI=1S/C16H27N5O4/c1-3-18-15(22)16(23,13(17)9-12-7-5-4-6-8-12)20-10-14(21(24)25)19-11(20)2/h10,12-13,23H,3-9,17H2,1-2H3,(H,18,22). The molecule has 0 radical (unpaired) electrons. The maximum absolute atomic E-state index is 12.6. The first-order chi connectivity index (χ1) is 11.8. The number of carbonyl (C=O) groups excluding carboxylic acids is 1. The summed E-state index contributed by atoms with van der Waals surface area (Å²) in [6.07, 6.45) is 7.01. The molecule has 25 heavy (non-hydrogen) atoms. The van der Waals surface area contributed by atoms with Crippen LogP contribution in [0.25, 0.3) is 0 Å². The number of amides is 1. The van der Waals surface area contributed by atoms with Crippen molar-refractivity contribution in [3.8, 4) is 0 Å². The molecule has 1 fully saturated rings. The number of carbonyl (C=O) groups is 1. The van der Waals surface area contributed by atoms with Crippen molar-refractivity contribution in [1.82, 2.24) is 14.9 Å². The second kappa shape index (κ2) is 7.92. The van der Waals surface area contributed by atoms with Crippen LogP contribution in [0.1, 0.15) is 51.3 Å². The normalized spacial score (nSPS) is 19.2. The Morgan fingerprint density at radius 1 is 1.56 bits per heavy atom. The number of nitrogens with two attached hydrogens (primary N) is 1. The lowest BCUT2D eigenvalue weighted by Crippen LogP contribution is -2.60. The van der Waals surface area contributed by atoms with E-state index in [-0.39, 0.29) is 5.82 Å². The topological polar surface area (TPSA) is 136 Å². The Bertz CT molecular complexity index is 626. The molecule has 4 N–H and O–H groups in total. The summed E-state index contributed by atoms with van der Waals surface area (Å²) in [5.74, 6) is -0.596. The minimum atomic E-state index is -2.11. The van der Waals surface area contributed by atoms with Crippen LogP contribution in [-0.2, 0) is 10.5 Å². The average Bonchev–Trinajstić information content (AvgIpc) is 2.97. The smallest absolute Gasteiger partial charge is 0.361 e. The maximum atomic E-state index is 12.6. The Balaban J connectivity index is 2.35. The molecule has 1 aromatic heterocycles. The molecule has 0 bridgehead atoms. The van der Waals surface area contributed by atoms with Crippen LogP contribution in [0.3, 0.4) is 0 Å². The van der Waals surface area contributed by atoms with E-state index < -0.39 is 28.4 Å². The molecule has 0 aromatic carbocycles. The van der Waals surface area contributed by atoms with Crippen molar-refractivity contribution >= 4 is 11.7 Å². The summed E-state index contributed by atoms with van der Waals surface area (Å²) in [6, 6.07) is -0.894. The van der Waals surface area contributed by atoms with Crippen LogP contribution >= 0.6 is 0 Å². The Morgan fingerprint density at radius 2 is 2.20 bits per heavy atom. The predicted molar refractivity (Wildman–Crippen MR) is 91.7 cm³/mol. The van der Waals surface area contributed by atoms with E-state index in [1.54, 1.807) is 6.92 Å². The second-order valence-corrected chi connectivity index (χ2v) is 6.71. The van der Waals surface area contributed by atoms with Gasteiger partial charge in [0.1, 0.15) is 6.20 Å². The van der Waals surface area contributed by atoms with E-state index >= 15 is 0 Å². The molecule has 140 valence electrons. The van der Waals surface area contributed by atoms with Gasteiger partial charge in [-0.2, -0.15) is 0 Å². The number of hydrogen-bond acceptors (Lipinski definition) is 6. The number of imidazole rings is 1. The third-order valence-electron chi connectivity index (χ3n) is 4.92. The first-order valence-electron chi connectivity index (χ1n) is 8.77. The zero-order valence-electron chi connectivity index (χ0n) is 14.8. The summed E-state index contributed by atoms with van der Waals surface area (Å²) in [4.78, 5) is 26.8. The maximum Gasteiger partial charge on any atom is 0.381 e. The lowest BCUT2D eigenvalue weighted by molar-refractivity contribution is -0.389. The van der Waals surface area contributed by atoms with E-state index in [0.29, 0.717) is 18.9 Å². The zero-order valence-corrected chi connectivity index (χ0v) is 14.8. The van der Waals surface area contributed by atoms with Crippen molar-refractivity contribution in [2.24, 2.45) is 11.7 Å². The van der Waals surface area contributed by atoms with Gasteiger partial charge in [0.15, 0.2) is 0 Å². The van der Waals surface area contributed by atoms with E-state index in [2.05, 4.69) is 10.3 Å². The fourth-order valence-corrected chi connectivity index (χ4v) is 3.58. The van der Waals surface area contributed by atoms with Gasteiger partial charge in [-0.25, -0.2) is 0 Å². The highest BCUT2D eigenvalue weighted by atomic mass is 16.6. The van der Waals surface area contributed by atoms with Gasteiger partial charge in [0, 0.05) is 13.5 Å². The van der Waals surface area contributed by atoms with Crippen LogP contribution in [0.5, 0.6) is 0 Å². The second-order valence-electron chi connectivity index (χ2n) is 6.71. The van der Waals surface area contributed by atoms with Gasteiger partial charge in [0.25, 0.3) is 5.91 Å². The minimum absolute atomic E-state index is 0.166. The van der Waals surface area contributed by atoms with E-state index in [1.165, 1.54) is 13.3 Å². The van der Waals surface area contributed by atoms with Crippen LogP contribution in [0.2, 0.25) is 0 Å². The van der Waals surface area contributed by atoms with Crippen LogP contribution < -0.4 is 11.1 Å².